The quantitative estimate of drug-likeness (QED) is 0.724. The van der Waals surface area contributed by atoms with Crippen LogP contribution in [0.2, 0.25) is 0 Å². The molecule has 25 heavy (non-hydrogen) atoms. The van der Waals surface area contributed by atoms with Crippen LogP contribution >= 0.6 is 0 Å². The molecule has 1 amide bonds. The van der Waals surface area contributed by atoms with Crippen molar-refractivity contribution in [2.24, 2.45) is 0 Å². The van der Waals surface area contributed by atoms with Gasteiger partial charge in [-0.05, 0) is 45.0 Å². The number of furan rings is 1. The van der Waals surface area contributed by atoms with Gasteiger partial charge in [0.15, 0.2) is 12.3 Å². The molecular weight excluding hydrogens is 316 g/mol. The summed E-state index contributed by atoms with van der Waals surface area (Å²) in [4.78, 5) is 12.3. The minimum atomic E-state index is -0.0772. The van der Waals surface area contributed by atoms with Crippen molar-refractivity contribution in [1.29, 1.82) is 0 Å². The van der Waals surface area contributed by atoms with E-state index in [2.05, 4.69) is 10.4 Å². The van der Waals surface area contributed by atoms with Crippen LogP contribution in [0.15, 0.2) is 53.1 Å². The fourth-order valence-electron chi connectivity index (χ4n) is 2.62. The number of benzene rings is 1. The van der Waals surface area contributed by atoms with Crippen LogP contribution in [0.3, 0.4) is 0 Å². The van der Waals surface area contributed by atoms with Gasteiger partial charge in [0.2, 0.25) is 0 Å². The minimum absolute atomic E-state index is 0.0772. The molecule has 2 heterocycles. The molecule has 0 unspecified atom stereocenters. The number of amides is 1. The third-order valence-corrected chi connectivity index (χ3v) is 4.03. The first-order valence-electron chi connectivity index (χ1n) is 8.33. The highest BCUT2D eigenvalue weighted by Crippen LogP contribution is 2.17. The number of nitrogens with one attached hydrogen (secondary N) is 1. The molecule has 130 valence electrons. The number of anilines is 1. The molecule has 1 aromatic carbocycles. The molecule has 2 aromatic heterocycles. The SMILES string of the molecule is Cc1ccc(-n2nc(C)cc2NC(=O)C[NH2+][C@H](C)c2ccco2)cc1. The summed E-state index contributed by atoms with van der Waals surface area (Å²) in [5, 5.41) is 9.36. The van der Waals surface area contributed by atoms with Crippen molar-refractivity contribution >= 4 is 11.7 Å². The van der Waals surface area contributed by atoms with E-state index in [1.54, 1.807) is 10.9 Å². The molecule has 6 heteroatoms. The van der Waals surface area contributed by atoms with Gasteiger partial charge in [0.1, 0.15) is 11.9 Å². The van der Waals surface area contributed by atoms with Crippen molar-refractivity contribution in [1.82, 2.24) is 9.78 Å². The average Bonchev–Trinajstić information content (AvgIpc) is 3.23. The maximum Gasteiger partial charge on any atom is 0.280 e. The lowest BCUT2D eigenvalue weighted by atomic mass is 10.2. The summed E-state index contributed by atoms with van der Waals surface area (Å²) >= 11 is 0. The summed E-state index contributed by atoms with van der Waals surface area (Å²) in [5.41, 5.74) is 2.95. The lowest BCUT2D eigenvalue weighted by Gasteiger charge is -2.10. The number of hydrogen-bond donors (Lipinski definition) is 2. The molecule has 0 fully saturated rings. The highest BCUT2D eigenvalue weighted by Gasteiger charge is 2.16. The Kier molecular flexibility index (Phi) is 5.00. The summed E-state index contributed by atoms with van der Waals surface area (Å²) in [6.45, 7) is 6.26. The minimum Gasteiger partial charge on any atom is -0.463 e. The van der Waals surface area contributed by atoms with Gasteiger partial charge in [-0.25, -0.2) is 4.68 Å². The molecular formula is C19H23N4O2+. The lowest BCUT2D eigenvalue weighted by molar-refractivity contribution is -0.684. The monoisotopic (exact) mass is 339 g/mol. The largest absolute Gasteiger partial charge is 0.463 e. The first-order chi connectivity index (χ1) is 12.0. The Morgan fingerprint density at radius 3 is 2.72 bits per heavy atom. The number of hydrogen-bond acceptors (Lipinski definition) is 3. The summed E-state index contributed by atoms with van der Waals surface area (Å²) < 4.78 is 7.11. The molecule has 0 bridgehead atoms. The fraction of sp³-hybridized carbons (Fsp3) is 0.263. The number of rotatable bonds is 6. The van der Waals surface area contributed by atoms with E-state index in [0.29, 0.717) is 12.4 Å². The smallest absolute Gasteiger partial charge is 0.280 e. The first-order valence-corrected chi connectivity index (χ1v) is 8.33. The highest BCUT2D eigenvalue weighted by atomic mass is 16.3. The molecule has 6 nitrogen and oxygen atoms in total. The van der Waals surface area contributed by atoms with E-state index >= 15 is 0 Å². The standard InChI is InChI=1S/C19H22N4O2/c1-13-6-8-16(9-7-13)23-18(11-14(2)22-23)21-19(24)12-20-15(3)17-5-4-10-25-17/h4-11,15,20H,12H2,1-3H3,(H,21,24)/p+1/t15-/m1/s1. The zero-order chi connectivity index (χ0) is 17.8. The van der Waals surface area contributed by atoms with Crippen molar-refractivity contribution in [3.63, 3.8) is 0 Å². The Hall–Kier alpha value is -2.86. The first kappa shape index (κ1) is 17.0. The van der Waals surface area contributed by atoms with Crippen molar-refractivity contribution in [3.8, 4) is 5.69 Å². The lowest BCUT2D eigenvalue weighted by Crippen LogP contribution is -2.86. The van der Waals surface area contributed by atoms with Crippen LogP contribution in [0.1, 0.15) is 30.0 Å². The Bertz CT molecular complexity index is 835. The maximum atomic E-state index is 12.3. The number of nitrogens with two attached hydrogens (primary N) is 1. The predicted octanol–water partition coefficient (Wildman–Crippen LogP) is 2.35. The Labute approximate surface area is 146 Å². The third-order valence-electron chi connectivity index (χ3n) is 4.03. The maximum absolute atomic E-state index is 12.3. The summed E-state index contributed by atoms with van der Waals surface area (Å²) in [6, 6.07) is 13.7. The fourth-order valence-corrected chi connectivity index (χ4v) is 2.62. The van der Waals surface area contributed by atoms with Crippen LogP contribution in [0.25, 0.3) is 5.69 Å². The molecule has 0 aliphatic rings. The third kappa shape index (κ3) is 4.16. The molecule has 0 aliphatic carbocycles. The van der Waals surface area contributed by atoms with Crippen LogP contribution in [0.5, 0.6) is 0 Å². The van der Waals surface area contributed by atoms with Crippen molar-refractivity contribution in [3.05, 3.63) is 65.7 Å². The Morgan fingerprint density at radius 1 is 1.28 bits per heavy atom. The van der Waals surface area contributed by atoms with E-state index < -0.39 is 0 Å². The second kappa shape index (κ2) is 7.36. The van der Waals surface area contributed by atoms with Gasteiger partial charge in [-0.1, -0.05) is 17.7 Å². The number of nitrogens with zero attached hydrogens (tertiary/aromatic N) is 2. The van der Waals surface area contributed by atoms with E-state index in [9.17, 15) is 4.79 Å². The molecule has 3 rings (SSSR count). The summed E-state index contributed by atoms with van der Waals surface area (Å²) in [6.07, 6.45) is 1.64. The highest BCUT2D eigenvalue weighted by molar-refractivity contribution is 5.90. The molecule has 0 radical (unpaired) electrons. The normalized spacial score (nSPS) is 12.1. The van der Waals surface area contributed by atoms with Crippen LogP contribution in [0, 0.1) is 13.8 Å². The molecule has 0 saturated heterocycles. The van der Waals surface area contributed by atoms with Gasteiger partial charge in [-0.15, -0.1) is 0 Å². The number of aryl methyl sites for hydroxylation is 2. The molecule has 0 spiro atoms. The number of quaternary nitrogens is 1. The van der Waals surface area contributed by atoms with E-state index in [1.165, 1.54) is 5.56 Å². The van der Waals surface area contributed by atoms with Crippen LogP contribution in [-0.4, -0.2) is 22.2 Å². The van der Waals surface area contributed by atoms with Gasteiger partial charge in [0, 0.05) is 6.07 Å². The number of aromatic nitrogens is 2. The van der Waals surface area contributed by atoms with Gasteiger partial charge in [-0.2, -0.15) is 5.10 Å². The average molecular weight is 339 g/mol. The Balaban J connectivity index is 1.66. The van der Waals surface area contributed by atoms with E-state index in [-0.39, 0.29) is 11.9 Å². The van der Waals surface area contributed by atoms with Gasteiger partial charge in [-0.3, -0.25) is 4.79 Å². The van der Waals surface area contributed by atoms with Gasteiger partial charge in [0.25, 0.3) is 5.91 Å². The van der Waals surface area contributed by atoms with Crippen molar-refractivity contribution < 1.29 is 14.5 Å². The van der Waals surface area contributed by atoms with E-state index in [1.807, 2.05) is 68.6 Å². The molecule has 3 aromatic rings. The topological polar surface area (TPSA) is 76.7 Å². The van der Waals surface area contributed by atoms with Crippen LogP contribution in [-0.2, 0) is 4.79 Å². The van der Waals surface area contributed by atoms with Gasteiger partial charge >= 0.3 is 0 Å². The zero-order valence-electron chi connectivity index (χ0n) is 14.7. The van der Waals surface area contributed by atoms with Gasteiger partial charge in [0.05, 0.1) is 17.6 Å². The van der Waals surface area contributed by atoms with Crippen LogP contribution < -0.4 is 10.6 Å². The van der Waals surface area contributed by atoms with Crippen molar-refractivity contribution in [2.75, 3.05) is 11.9 Å². The summed E-state index contributed by atoms with van der Waals surface area (Å²) in [7, 11) is 0. The number of carbonyl (C=O) groups is 1. The second-order valence-electron chi connectivity index (χ2n) is 6.21. The number of carbonyl (C=O) groups excluding carboxylic acids is 1. The zero-order valence-corrected chi connectivity index (χ0v) is 14.7. The second-order valence-corrected chi connectivity index (χ2v) is 6.21. The summed E-state index contributed by atoms with van der Waals surface area (Å²) in [5.74, 6) is 1.45. The Morgan fingerprint density at radius 2 is 2.04 bits per heavy atom. The van der Waals surface area contributed by atoms with E-state index in [0.717, 1.165) is 17.1 Å². The van der Waals surface area contributed by atoms with E-state index in [4.69, 9.17) is 4.42 Å². The molecule has 0 aliphatic heterocycles. The van der Waals surface area contributed by atoms with Gasteiger partial charge < -0.3 is 15.1 Å². The molecule has 1 atom stereocenters. The van der Waals surface area contributed by atoms with Crippen molar-refractivity contribution in [2.45, 2.75) is 26.8 Å². The predicted molar refractivity (Wildman–Crippen MR) is 95.6 cm³/mol. The molecule has 0 saturated carbocycles. The molecule has 3 N–H and O–H groups in total. The van der Waals surface area contributed by atoms with Crippen LogP contribution in [0.4, 0.5) is 5.82 Å².